The van der Waals surface area contributed by atoms with Gasteiger partial charge >= 0.3 is 0 Å². The zero-order valence-corrected chi connectivity index (χ0v) is 11.4. The first-order chi connectivity index (χ1) is 10.1. The summed E-state index contributed by atoms with van der Waals surface area (Å²) in [7, 11) is 0. The summed E-state index contributed by atoms with van der Waals surface area (Å²) in [6, 6.07) is 13.0. The number of hydrogen-bond acceptors (Lipinski definition) is 1. The second-order valence-corrected chi connectivity index (χ2v) is 5.27. The fraction of sp³-hybridized carbons (Fsp3) is 0.235. The molecule has 3 rings (SSSR count). The van der Waals surface area contributed by atoms with Crippen LogP contribution in [0.3, 0.4) is 0 Å². The summed E-state index contributed by atoms with van der Waals surface area (Å²) in [5, 5.41) is 0. The number of hydrogen-bond donors (Lipinski definition) is 0. The Morgan fingerprint density at radius 3 is 2.57 bits per heavy atom. The molecule has 0 aliphatic carbocycles. The van der Waals surface area contributed by atoms with Crippen LogP contribution in [-0.4, -0.2) is 23.9 Å². The molecule has 1 aliphatic heterocycles. The van der Waals surface area contributed by atoms with Crippen molar-refractivity contribution in [1.29, 1.82) is 0 Å². The molecule has 2 aromatic rings. The molecule has 0 spiro atoms. The minimum absolute atomic E-state index is 0.0647. The summed E-state index contributed by atoms with van der Waals surface area (Å²) in [6.07, 6.45) is 0.860. The second-order valence-electron chi connectivity index (χ2n) is 5.27. The second kappa shape index (κ2) is 5.64. The number of nitrogens with zero attached hydrogens (tertiary/aromatic N) is 1. The third-order valence-electron chi connectivity index (χ3n) is 3.91. The van der Waals surface area contributed by atoms with Crippen molar-refractivity contribution in [3.05, 3.63) is 71.3 Å². The van der Waals surface area contributed by atoms with Crippen molar-refractivity contribution in [2.75, 3.05) is 13.1 Å². The number of carbonyl (C=O) groups excluding carboxylic acids is 1. The first-order valence-corrected chi connectivity index (χ1v) is 6.94. The number of benzene rings is 2. The topological polar surface area (TPSA) is 20.3 Å². The maximum absolute atomic E-state index is 13.7. The van der Waals surface area contributed by atoms with Crippen LogP contribution in [-0.2, 0) is 0 Å². The Balaban J connectivity index is 1.75. The van der Waals surface area contributed by atoms with Crippen molar-refractivity contribution in [1.82, 2.24) is 4.90 Å². The molecule has 0 saturated carbocycles. The van der Waals surface area contributed by atoms with Gasteiger partial charge in [-0.15, -0.1) is 0 Å². The van der Waals surface area contributed by atoms with Gasteiger partial charge in [0.15, 0.2) is 0 Å². The van der Waals surface area contributed by atoms with Gasteiger partial charge in [0, 0.05) is 25.1 Å². The summed E-state index contributed by atoms with van der Waals surface area (Å²) in [4.78, 5) is 14.0. The van der Waals surface area contributed by atoms with E-state index in [2.05, 4.69) is 0 Å². The zero-order valence-electron chi connectivity index (χ0n) is 11.4. The van der Waals surface area contributed by atoms with E-state index in [1.165, 1.54) is 11.6 Å². The molecule has 1 saturated heterocycles. The van der Waals surface area contributed by atoms with Gasteiger partial charge in [0.05, 0.1) is 5.56 Å². The van der Waals surface area contributed by atoms with Crippen LogP contribution in [0, 0.1) is 11.6 Å². The Bertz CT molecular complexity index is 657. The fourth-order valence-electron chi connectivity index (χ4n) is 2.78. The van der Waals surface area contributed by atoms with Crippen LogP contribution in [0.5, 0.6) is 0 Å². The van der Waals surface area contributed by atoms with E-state index in [0.717, 1.165) is 18.6 Å². The molecule has 1 atom stereocenters. The van der Waals surface area contributed by atoms with E-state index in [4.69, 9.17) is 0 Å². The molecule has 2 aromatic carbocycles. The molecule has 1 amide bonds. The van der Waals surface area contributed by atoms with Crippen molar-refractivity contribution in [3.8, 4) is 0 Å². The van der Waals surface area contributed by atoms with Crippen LogP contribution in [0.2, 0.25) is 0 Å². The van der Waals surface area contributed by atoms with E-state index in [1.807, 2.05) is 30.3 Å². The Morgan fingerprint density at radius 1 is 1.10 bits per heavy atom. The molecule has 1 unspecified atom stereocenters. The minimum Gasteiger partial charge on any atom is -0.338 e. The maximum atomic E-state index is 13.7. The summed E-state index contributed by atoms with van der Waals surface area (Å²) in [6.45, 7) is 1.16. The van der Waals surface area contributed by atoms with Gasteiger partial charge in [-0.05, 0) is 24.1 Å². The molecule has 1 aliphatic rings. The number of likely N-dealkylation sites (tertiary alicyclic amines) is 1. The third kappa shape index (κ3) is 2.79. The fourth-order valence-corrected chi connectivity index (χ4v) is 2.78. The number of rotatable bonds is 2. The highest BCUT2D eigenvalue weighted by atomic mass is 19.1. The minimum atomic E-state index is -0.803. The van der Waals surface area contributed by atoms with Gasteiger partial charge < -0.3 is 4.90 Å². The number of carbonyl (C=O) groups is 1. The van der Waals surface area contributed by atoms with E-state index in [0.29, 0.717) is 13.1 Å². The Hall–Kier alpha value is -2.23. The maximum Gasteiger partial charge on any atom is 0.256 e. The van der Waals surface area contributed by atoms with Crippen LogP contribution in [0.1, 0.15) is 28.3 Å². The third-order valence-corrected chi connectivity index (χ3v) is 3.91. The van der Waals surface area contributed by atoms with Crippen molar-refractivity contribution in [2.24, 2.45) is 0 Å². The van der Waals surface area contributed by atoms with Crippen LogP contribution >= 0.6 is 0 Å². The molecule has 0 N–H and O–H groups in total. The molecule has 0 aromatic heterocycles. The lowest BCUT2D eigenvalue weighted by Crippen LogP contribution is -2.29. The van der Waals surface area contributed by atoms with Crippen LogP contribution < -0.4 is 0 Å². The average molecular weight is 287 g/mol. The monoisotopic (exact) mass is 287 g/mol. The van der Waals surface area contributed by atoms with Gasteiger partial charge in [-0.2, -0.15) is 0 Å². The van der Waals surface area contributed by atoms with E-state index < -0.39 is 11.6 Å². The highest BCUT2D eigenvalue weighted by Gasteiger charge is 2.29. The highest BCUT2D eigenvalue weighted by Crippen LogP contribution is 2.28. The van der Waals surface area contributed by atoms with E-state index >= 15 is 0 Å². The van der Waals surface area contributed by atoms with Gasteiger partial charge in [-0.1, -0.05) is 30.3 Å². The predicted octanol–water partition coefficient (Wildman–Crippen LogP) is 3.59. The standard InChI is InChI=1S/C17H15F2NO/c18-14-6-7-15(16(19)10-14)17(21)20-9-8-13(11-20)12-4-2-1-3-5-12/h1-7,10,13H,8-9,11H2. The van der Waals surface area contributed by atoms with Crippen molar-refractivity contribution < 1.29 is 13.6 Å². The molecule has 4 heteroatoms. The number of halogens is 2. The van der Waals surface area contributed by atoms with Gasteiger partial charge in [0.25, 0.3) is 5.91 Å². The molecule has 1 heterocycles. The average Bonchev–Trinajstić information content (AvgIpc) is 2.97. The first kappa shape index (κ1) is 13.7. The van der Waals surface area contributed by atoms with Gasteiger partial charge in [-0.25, -0.2) is 8.78 Å². The predicted molar refractivity (Wildman–Crippen MR) is 76.1 cm³/mol. The van der Waals surface area contributed by atoms with Crippen molar-refractivity contribution in [2.45, 2.75) is 12.3 Å². The van der Waals surface area contributed by atoms with Crippen LogP contribution in [0.15, 0.2) is 48.5 Å². The lowest BCUT2D eigenvalue weighted by molar-refractivity contribution is 0.0786. The SMILES string of the molecule is O=C(c1ccc(F)cc1F)N1CCC(c2ccccc2)C1. The summed E-state index contributed by atoms with van der Waals surface area (Å²) in [5.74, 6) is -1.57. The normalized spacial score (nSPS) is 18.0. The molecule has 21 heavy (non-hydrogen) atoms. The van der Waals surface area contributed by atoms with Gasteiger partial charge in [0.2, 0.25) is 0 Å². The Labute approximate surface area is 122 Å². The largest absolute Gasteiger partial charge is 0.338 e. The molecular weight excluding hydrogens is 272 g/mol. The van der Waals surface area contributed by atoms with Gasteiger partial charge in [0.1, 0.15) is 11.6 Å². The molecule has 2 nitrogen and oxygen atoms in total. The molecule has 1 fully saturated rings. The zero-order chi connectivity index (χ0) is 14.8. The smallest absolute Gasteiger partial charge is 0.256 e. The Kier molecular flexibility index (Phi) is 3.69. The van der Waals surface area contributed by atoms with E-state index in [9.17, 15) is 13.6 Å². The van der Waals surface area contributed by atoms with E-state index in [1.54, 1.807) is 4.90 Å². The summed E-state index contributed by atoms with van der Waals surface area (Å²) >= 11 is 0. The number of amides is 1. The van der Waals surface area contributed by atoms with Gasteiger partial charge in [-0.3, -0.25) is 4.79 Å². The lowest BCUT2D eigenvalue weighted by Gasteiger charge is -2.17. The molecular formula is C17H15F2NO. The lowest BCUT2D eigenvalue weighted by atomic mass is 9.99. The molecule has 0 radical (unpaired) electrons. The van der Waals surface area contributed by atoms with Crippen molar-refractivity contribution in [3.63, 3.8) is 0 Å². The van der Waals surface area contributed by atoms with E-state index in [-0.39, 0.29) is 17.4 Å². The highest BCUT2D eigenvalue weighted by molar-refractivity contribution is 5.94. The quantitative estimate of drug-likeness (QED) is 0.826. The first-order valence-electron chi connectivity index (χ1n) is 6.94. The summed E-state index contributed by atoms with van der Waals surface area (Å²) in [5.41, 5.74) is 1.12. The van der Waals surface area contributed by atoms with Crippen LogP contribution in [0.25, 0.3) is 0 Å². The summed E-state index contributed by atoms with van der Waals surface area (Å²) < 4.78 is 26.6. The molecule has 108 valence electrons. The van der Waals surface area contributed by atoms with Crippen molar-refractivity contribution >= 4 is 5.91 Å². The molecule has 0 bridgehead atoms. The van der Waals surface area contributed by atoms with Crippen LogP contribution in [0.4, 0.5) is 8.78 Å². The Morgan fingerprint density at radius 2 is 1.86 bits per heavy atom.